The Bertz CT molecular complexity index is 3480. The van der Waals surface area contributed by atoms with Gasteiger partial charge in [0.05, 0.1) is 10.8 Å². The Morgan fingerprint density at radius 3 is 1.27 bits per heavy atom. The third-order valence-corrected chi connectivity index (χ3v) is 16.7. The van der Waals surface area contributed by atoms with Gasteiger partial charge in [0.2, 0.25) is 0 Å². The zero-order valence-corrected chi connectivity index (χ0v) is 43.2. The van der Waals surface area contributed by atoms with Gasteiger partial charge < -0.3 is 4.90 Å². The molecule has 0 N–H and O–H groups in total. The van der Waals surface area contributed by atoms with E-state index in [1.165, 1.54) is 94.6 Å². The molecule has 12 rings (SSSR count). The number of benzene rings is 9. The molecule has 1 nitrogen and oxygen atoms in total. The van der Waals surface area contributed by atoms with Gasteiger partial charge in [0, 0.05) is 22.5 Å². The second-order valence-electron chi connectivity index (χ2n) is 23.5. The van der Waals surface area contributed by atoms with Crippen LogP contribution in [-0.2, 0) is 27.1 Å². The van der Waals surface area contributed by atoms with Crippen LogP contribution in [0.1, 0.15) is 147 Å². The number of anilines is 3. The summed E-state index contributed by atoms with van der Waals surface area (Å²) in [6, 6.07) is 79.9. The lowest BCUT2D eigenvalue weighted by molar-refractivity contribution is 0.562. The normalized spacial score (nSPS) is 16.7. The first kappa shape index (κ1) is 45.0. The Kier molecular flexibility index (Phi) is 10.1. The maximum absolute atomic E-state index is 2.56. The van der Waals surface area contributed by atoms with Crippen LogP contribution in [0.5, 0.6) is 0 Å². The van der Waals surface area contributed by atoms with Crippen molar-refractivity contribution < 1.29 is 0 Å². The van der Waals surface area contributed by atoms with Crippen molar-refractivity contribution in [2.45, 2.75) is 102 Å². The molecule has 1 heteroatoms. The smallest absolute Gasteiger partial charge is 0.0720 e. The Labute approximate surface area is 422 Å². The summed E-state index contributed by atoms with van der Waals surface area (Å²) in [7, 11) is 0. The lowest BCUT2D eigenvalue weighted by atomic mass is 9.55. The highest BCUT2D eigenvalue weighted by Gasteiger charge is 2.54. The second kappa shape index (κ2) is 15.9. The molecule has 0 amide bonds. The predicted molar refractivity (Wildman–Crippen MR) is 299 cm³/mol. The third-order valence-electron chi connectivity index (χ3n) is 16.7. The lowest BCUT2D eigenvalue weighted by Crippen LogP contribution is -2.41. The molecule has 1 unspecified atom stereocenters. The fraction of sp³-hybridized carbons (Fsp3) is 0.229. The van der Waals surface area contributed by atoms with Crippen molar-refractivity contribution in [3.05, 3.63) is 279 Å². The standard InChI is InChI=1S/C70H65N/c1-45(2)46-28-41-61-65(42-46)70(62-27-19-18-26-60(62)68(61,9)10)59-25-17-15-23-55(59)57-40-38-53(44-64(57)70)71(51-20-12-11-13-21-51)52-37-39-56-54-22-14-16-24-58(54)69(63(56)43-52,49-33-29-47(30-34-49)66(3,4)5)50-35-31-48(32-36-50)67(6,7)8/h11-45H,1-10H3. The highest BCUT2D eigenvalue weighted by atomic mass is 15.1. The average Bonchev–Trinajstić information content (AvgIpc) is 3.83. The van der Waals surface area contributed by atoms with E-state index in [-0.39, 0.29) is 16.2 Å². The quantitative estimate of drug-likeness (QED) is 0.161. The molecule has 350 valence electrons. The molecule has 0 saturated heterocycles. The second-order valence-corrected chi connectivity index (χ2v) is 23.5. The zero-order valence-electron chi connectivity index (χ0n) is 43.2. The summed E-state index contributed by atoms with van der Waals surface area (Å²) >= 11 is 0. The molecule has 1 atom stereocenters. The van der Waals surface area contributed by atoms with Crippen molar-refractivity contribution in [3.8, 4) is 22.3 Å². The fourth-order valence-electron chi connectivity index (χ4n) is 13.1. The molecule has 0 bridgehead atoms. The lowest BCUT2D eigenvalue weighted by Gasteiger charge is -2.47. The first-order valence-electron chi connectivity index (χ1n) is 25.9. The van der Waals surface area contributed by atoms with E-state index < -0.39 is 10.8 Å². The van der Waals surface area contributed by atoms with E-state index in [2.05, 4.69) is 280 Å². The van der Waals surface area contributed by atoms with Crippen molar-refractivity contribution in [1.29, 1.82) is 0 Å². The van der Waals surface area contributed by atoms with E-state index >= 15 is 0 Å². The molecule has 9 aromatic rings. The molecule has 0 heterocycles. The molecule has 3 aliphatic carbocycles. The van der Waals surface area contributed by atoms with Crippen molar-refractivity contribution >= 4 is 17.1 Å². The molecule has 0 radical (unpaired) electrons. The van der Waals surface area contributed by atoms with Gasteiger partial charge >= 0.3 is 0 Å². The van der Waals surface area contributed by atoms with Crippen LogP contribution in [0.15, 0.2) is 206 Å². The molecule has 0 fully saturated rings. The molecule has 71 heavy (non-hydrogen) atoms. The number of fused-ring (bicyclic) bond motifs is 12. The van der Waals surface area contributed by atoms with Gasteiger partial charge in [-0.2, -0.15) is 0 Å². The summed E-state index contributed by atoms with van der Waals surface area (Å²) in [5, 5.41) is 0. The zero-order chi connectivity index (χ0) is 49.2. The number of hydrogen-bond donors (Lipinski definition) is 0. The molecule has 0 saturated carbocycles. The van der Waals surface area contributed by atoms with Crippen LogP contribution in [-0.4, -0.2) is 0 Å². The minimum absolute atomic E-state index is 0.0272. The van der Waals surface area contributed by atoms with Crippen molar-refractivity contribution in [3.63, 3.8) is 0 Å². The van der Waals surface area contributed by atoms with E-state index in [1.807, 2.05) is 0 Å². The van der Waals surface area contributed by atoms with Gasteiger partial charge in [-0.1, -0.05) is 239 Å². The van der Waals surface area contributed by atoms with Crippen LogP contribution in [0.25, 0.3) is 22.3 Å². The summed E-state index contributed by atoms with van der Waals surface area (Å²) < 4.78 is 0. The predicted octanol–water partition coefficient (Wildman–Crippen LogP) is 18.2. The maximum Gasteiger partial charge on any atom is 0.0720 e. The first-order valence-corrected chi connectivity index (χ1v) is 25.9. The van der Waals surface area contributed by atoms with E-state index in [0.717, 1.165) is 17.1 Å². The van der Waals surface area contributed by atoms with Crippen molar-refractivity contribution in [1.82, 2.24) is 0 Å². The van der Waals surface area contributed by atoms with Crippen LogP contribution in [0.2, 0.25) is 0 Å². The van der Waals surface area contributed by atoms with Crippen LogP contribution in [0.3, 0.4) is 0 Å². The molecule has 3 aliphatic rings. The summed E-state index contributed by atoms with van der Waals surface area (Å²) in [4.78, 5) is 2.51. The molecular weight excluding hydrogens is 855 g/mol. The highest BCUT2D eigenvalue weighted by Crippen LogP contribution is 2.64. The van der Waals surface area contributed by atoms with Crippen molar-refractivity contribution in [2.24, 2.45) is 0 Å². The topological polar surface area (TPSA) is 3.24 Å². The van der Waals surface area contributed by atoms with Crippen LogP contribution in [0, 0.1) is 0 Å². The Morgan fingerprint density at radius 2 is 0.761 bits per heavy atom. The Morgan fingerprint density at radius 1 is 0.338 bits per heavy atom. The number of rotatable bonds is 6. The van der Waals surface area contributed by atoms with Gasteiger partial charge in [-0.05, 0) is 148 Å². The minimum Gasteiger partial charge on any atom is -0.310 e. The minimum atomic E-state index is -0.572. The van der Waals surface area contributed by atoms with Gasteiger partial charge in [-0.25, -0.2) is 0 Å². The van der Waals surface area contributed by atoms with Gasteiger partial charge in [0.15, 0.2) is 0 Å². The van der Waals surface area contributed by atoms with Gasteiger partial charge in [-0.3, -0.25) is 0 Å². The largest absolute Gasteiger partial charge is 0.310 e. The average molecular weight is 920 g/mol. The summed E-state index contributed by atoms with van der Waals surface area (Å²) in [6.07, 6.45) is 0. The first-order chi connectivity index (χ1) is 34.0. The van der Waals surface area contributed by atoms with E-state index in [4.69, 9.17) is 0 Å². The number of para-hydroxylation sites is 1. The number of hydrogen-bond acceptors (Lipinski definition) is 1. The van der Waals surface area contributed by atoms with E-state index in [0.29, 0.717) is 5.92 Å². The van der Waals surface area contributed by atoms with Crippen LogP contribution in [0.4, 0.5) is 17.1 Å². The van der Waals surface area contributed by atoms with Gasteiger partial charge in [0.25, 0.3) is 0 Å². The highest BCUT2D eigenvalue weighted by molar-refractivity contribution is 5.93. The summed E-state index contributed by atoms with van der Waals surface area (Å²) in [6.45, 7) is 23.3. The summed E-state index contributed by atoms with van der Waals surface area (Å²) in [5.74, 6) is 0.388. The Balaban J connectivity index is 1.13. The molecule has 0 aliphatic heterocycles. The fourth-order valence-corrected chi connectivity index (χ4v) is 13.1. The molecular formula is C70H65N. The number of nitrogens with zero attached hydrogens (tertiary/aromatic N) is 1. The molecule has 1 spiro atoms. The van der Waals surface area contributed by atoms with Gasteiger partial charge in [-0.15, -0.1) is 0 Å². The SMILES string of the molecule is CC(C)c1ccc2c(c1)C1(c3ccccc3-c3ccc(N(c4ccccc4)c4ccc5c(c4)C(c4ccc(C(C)(C)C)cc4)(c4ccc(C(C)(C)C)cc4)c4ccccc4-5)cc31)c1ccccc1C2(C)C. The van der Waals surface area contributed by atoms with Gasteiger partial charge in [0.1, 0.15) is 0 Å². The van der Waals surface area contributed by atoms with E-state index in [1.54, 1.807) is 0 Å². The molecule has 0 aromatic heterocycles. The van der Waals surface area contributed by atoms with Crippen LogP contribution >= 0.6 is 0 Å². The third kappa shape index (κ3) is 6.51. The molecule has 9 aromatic carbocycles. The monoisotopic (exact) mass is 920 g/mol. The van der Waals surface area contributed by atoms with E-state index in [9.17, 15) is 0 Å². The maximum atomic E-state index is 2.56. The summed E-state index contributed by atoms with van der Waals surface area (Å²) in [5.41, 5.74) is 24.8. The Hall–Kier alpha value is -7.22. The van der Waals surface area contributed by atoms with Crippen LogP contribution < -0.4 is 4.90 Å². The van der Waals surface area contributed by atoms with Crippen molar-refractivity contribution in [2.75, 3.05) is 4.90 Å².